The third kappa shape index (κ3) is 3.75. The lowest BCUT2D eigenvalue weighted by Crippen LogP contribution is -2.48. The van der Waals surface area contributed by atoms with Crippen LogP contribution in [-0.4, -0.2) is 23.6 Å². The van der Waals surface area contributed by atoms with E-state index in [1.807, 2.05) is 6.08 Å². The van der Waals surface area contributed by atoms with E-state index in [0.717, 1.165) is 24.0 Å². The number of thiocarbonyl (C=S) groups is 1. The van der Waals surface area contributed by atoms with Crippen LogP contribution in [0, 0.1) is 5.92 Å². The van der Waals surface area contributed by atoms with E-state index in [0.29, 0.717) is 0 Å². The lowest BCUT2D eigenvalue weighted by molar-refractivity contribution is 0.395. The topological polar surface area (TPSA) is 15.3 Å². The summed E-state index contributed by atoms with van der Waals surface area (Å²) in [4.78, 5) is 2.18. The van der Waals surface area contributed by atoms with E-state index >= 15 is 0 Å². The van der Waals surface area contributed by atoms with Crippen LogP contribution in [0.5, 0.6) is 0 Å². The van der Waals surface area contributed by atoms with E-state index in [4.69, 9.17) is 12.2 Å². The normalized spacial score (nSPS) is 16.8. The summed E-state index contributed by atoms with van der Waals surface area (Å²) in [5.74, 6) is 0.826. The molecule has 0 spiro atoms. The van der Waals surface area contributed by atoms with Crippen molar-refractivity contribution in [3.05, 3.63) is 47.9 Å². The van der Waals surface area contributed by atoms with Gasteiger partial charge in [-0.3, -0.25) is 0 Å². The quantitative estimate of drug-likeness (QED) is 0.592. The second kappa shape index (κ2) is 6.62. The molecule has 23 heavy (non-hydrogen) atoms. The third-order valence-electron chi connectivity index (χ3n) is 4.60. The number of fused-ring (bicyclic) bond motifs is 1. The van der Waals surface area contributed by atoms with Gasteiger partial charge in [0.15, 0.2) is 5.11 Å². The average Bonchev–Trinajstić information content (AvgIpc) is 3.20. The molecule has 0 saturated heterocycles. The van der Waals surface area contributed by atoms with Crippen LogP contribution in [0.3, 0.4) is 0 Å². The lowest BCUT2D eigenvalue weighted by Gasteiger charge is -2.34. The maximum absolute atomic E-state index is 5.65. The Morgan fingerprint density at radius 2 is 2.26 bits per heavy atom. The lowest BCUT2D eigenvalue weighted by atomic mass is 9.88. The first-order valence-corrected chi connectivity index (χ1v) is 9.42. The Bertz CT molecular complexity index is 717. The van der Waals surface area contributed by atoms with Gasteiger partial charge in [-0.25, -0.2) is 0 Å². The standard InChI is InChI=1S/C19H24N2S2/c1-4-10-19(2,20-18(22)21(3)13-14-5-6-14)16-7-8-17-15(12-16)9-11-23-17/h4,7-9,11-12,14H,1,5-6,10,13H2,2-3H3,(H,20,22)/t19-/m0/s1. The van der Waals surface area contributed by atoms with Crippen molar-refractivity contribution in [2.24, 2.45) is 5.92 Å². The summed E-state index contributed by atoms with van der Waals surface area (Å²) in [6.45, 7) is 7.20. The first-order chi connectivity index (χ1) is 11.0. The second-order valence-corrected chi connectivity index (χ2v) is 8.09. The predicted octanol–water partition coefficient (Wildman–Crippen LogP) is 4.91. The highest BCUT2D eigenvalue weighted by molar-refractivity contribution is 7.80. The SMILES string of the molecule is C=CC[C@](C)(NC(=S)N(C)CC1CC1)c1ccc2sccc2c1. The molecule has 0 bridgehead atoms. The molecule has 2 nitrogen and oxygen atoms in total. The number of hydrogen-bond donors (Lipinski definition) is 1. The maximum atomic E-state index is 5.65. The van der Waals surface area contributed by atoms with Crippen molar-refractivity contribution < 1.29 is 0 Å². The fourth-order valence-corrected chi connectivity index (χ4v) is 4.01. The predicted molar refractivity (Wildman–Crippen MR) is 105 cm³/mol. The second-order valence-electron chi connectivity index (χ2n) is 6.75. The zero-order valence-corrected chi connectivity index (χ0v) is 15.5. The summed E-state index contributed by atoms with van der Waals surface area (Å²) in [5, 5.41) is 7.85. The van der Waals surface area contributed by atoms with Gasteiger partial charge < -0.3 is 10.2 Å². The number of hydrogen-bond acceptors (Lipinski definition) is 2. The minimum atomic E-state index is -0.229. The van der Waals surface area contributed by atoms with Crippen LogP contribution in [0.2, 0.25) is 0 Å². The zero-order valence-electron chi connectivity index (χ0n) is 13.8. The van der Waals surface area contributed by atoms with E-state index in [9.17, 15) is 0 Å². The number of rotatable bonds is 6. The fraction of sp³-hybridized carbons (Fsp3) is 0.421. The van der Waals surface area contributed by atoms with Gasteiger partial charge in [-0.2, -0.15) is 0 Å². The molecule has 0 amide bonds. The van der Waals surface area contributed by atoms with Crippen molar-refractivity contribution in [3.8, 4) is 0 Å². The van der Waals surface area contributed by atoms with Crippen LogP contribution >= 0.6 is 23.6 Å². The van der Waals surface area contributed by atoms with Gasteiger partial charge in [0.1, 0.15) is 0 Å². The first kappa shape index (κ1) is 16.5. The molecule has 1 heterocycles. The van der Waals surface area contributed by atoms with Gasteiger partial charge in [-0.1, -0.05) is 12.1 Å². The highest BCUT2D eigenvalue weighted by Gasteiger charge is 2.29. The molecule has 2 aromatic rings. The Morgan fingerprint density at radius 3 is 2.96 bits per heavy atom. The smallest absolute Gasteiger partial charge is 0.169 e. The van der Waals surface area contributed by atoms with E-state index in [1.165, 1.54) is 28.5 Å². The van der Waals surface area contributed by atoms with Gasteiger partial charge in [-0.15, -0.1) is 17.9 Å². The molecule has 1 atom stereocenters. The molecule has 1 fully saturated rings. The Kier molecular flexibility index (Phi) is 4.74. The van der Waals surface area contributed by atoms with Crippen LogP contribution in [-0.2, 0) is 5.54 Å². The molecular formula is C19H24N2S2. The van der Waals surface area contributed by atoms with Crippen molar-refractivity contribution in [2.45, 2.75) is 31.7 Å². The summed E-state index contributed by atoms with van der Waals surface area (Å²) in [6, 6.07) is 8.86. The number of nitrogens with one attached hydrogen (secondary N) is 1. The molecule has 0 aliphatic heterocycles. The molecule has 4 heteroatoms. The molecule has 122 valence electrons. The number of thiophene rings is 1. The molecule has 0 radical (unpaired) electrons. The summed E-state index contributed by atoms with van der Waals surface area (Å²) in [6.07, 6.45) is 5.48. The molecule has 1 N–H and O–H groups in total. The molecule has 1 aliphatic carbocycles. The number of nitrogens with zero attached hydrogens (tertiary/aromatic N) is 1. The van der Waals surface area contributed by atoms with Crippen molar-refractivity contribution in [1.29, 1.82) is 0 Å². The summed E-state index contributed by atoms with van der Waals surface area (Å²) >= 11 is 7.42. The van der Waals surface area contributed by atoms with Gasteiger partial charge >= 0.3 is 0 Å². The molecule has 0 unspecified atom stereocenters. The molecule has 1 aromatic carbocycles. The number of benzene rings is 1. The Morgan fingerprint density at radius 1 is 1.48 bits per heavy atom. The van der Waals surface area contributed by atoms with E-state index in [1.54, 1.807) is 11.3 Å². The Balaban J connectivity index is 1.82. The van der Waals surface area contributed by atoms with Crippen molar-refractivity contribution in [1.82, 2.24) is 10.2 Å². The minimum absolute atomic E-state index is 0.229. The van der Waals surface area contributed by atoms with Gasteiger partial charge in [0.2, 0.25) is 0 Å². The van der Waals surface area contributed by atoms with Crippen LogP contribution in [0.1, 0.15) is 31.7 Å². The zero-order chi connectivity index (χ0) is 16.4. The maximum Gasteiger partial charge on any atom is 0.169 e. The summed E-state index contributed by atoms with van der Waals surface area (Å²) in [7, 11) is 2.09. The Labute approximate surface area is 148 Å². The molecule has 1 saturated carbocycles. The summed E-state index contributed by atoms with van der Waals surface area (Å²) in [5.41, 5.74) is 1.03. The largest absolute Gasteiger partial charge is 0.353 e. The highest BCUT2D eigenvalue weighted by Crippen LogP contribution is 2.32. The third-order valence-corrected chi connectivity index (χ3v) is 5.91. The first-order valence-electron chi connectivity index (χ1n) is 8.14. The molecule has 1 aromatic heterocycles. The minimum Gasteiger partial charge on any atom is -0.353 e. The van der Waals surface area contributed by atoms with E-state index in [-0.39, 0.29) is 5.54 Å². The van der Waals surface area contributed by atoms with Crippen LogP contribution in [0.4, 0.5) is 0 Å². The van der Waals surface area contributed by atoms with Crippen molar-refractivity contribution in [2.75, 3.05) is 13.6 Å². The van der Waals surface area contributed by atoms with Gasteiger partial charge in [0.25, 0.3) is 0 Å². The van der Waals surface area contributed by atoms with Gasteiger partial charge in [-0.05, 0) is 78.9 Å². The van der Waals surface area contributed by atoms with Gasteiger partial charge in [0.05, 0.1) is 5.54 Å². The monoisotopic (exact) mass is 344 g/mol. The van der Waals surface area contributed by atoms with Gasteiger partial charge in [0, 0.05) is 18.3 Å². The van der Waals surface area contributed by atoms with E-state index < -0.39 is 0 Å². The van der Waals surface area contributed by atoms with Crippen molar-refractivity contribution >= 4 is 38.8 Å². The molecule has 3 rings (SSSR count). The summed E-state index contributed by atoms with van der Waals surface area (Å²) < 4.78 is 1.32. The highest BCUT2D eigenvalue weighted by atomic mass is 32.1. The van der Waals surface area contributed by atoms with Crippen LogP contribution in [0.15, 0.2) is 42.3 Å². The molecule has 1 aliphatic rings. The average molecular weight is 345 g/mol. The molecular weight excluding hydrogens is 320 g/mol. The van der Waals surface area contributed by atoms with E-state index in [2.05, 4.69) is 60.4 Å². The fourth-order valence-electron chi connectivity index (χ4n) is 2.94. The van der Waals surface area contributed by atoms with Crippen LogP contribution < -0.4 is 5.32 Å². The van der Waals surface area contributed by atoms with Crippen molar-refractivity contribution in [3.63, 3.8) is 0 Å². The van der Waals surface area contributed by atoms with Crippen LogP contribution in [0.25, 0.3) is 10.1 Å². The Hall–Kier alpha value is -1.39.